The van der Waals surface area contributed by atoms with Gasteiger partial charge in [0.05, 0.1) is 17.5 Å². The molecule has 5 N–H and O–H groups in total. The third kappa shape index (κ3) is 4.77. The molecule has 0 aromatic heterocycles. The summed E-state index contributed by atoms with van der Waals surface area (Å²) in [6.07, 6.45) is -1.32. The van der Waals surface area contributed by atoms with E-state index in [1.165, 1.54) is 11.8 Å². The van der Waals surface area contributed by atoms with E-state index in [9.17, 15) is 24.3 Å². The molecule has 1 aromatic rings. The van der Waals surface area contributed by atoms with Crippen molar-refractivity contribution in [1.82, 2.24) is 10.6 Å². The number of carbonyl (C=O) groups excluding carboxylic acids is 3. The van der Waals surface area contributed by atoms with Gasteiger partial charge in [-0.2, -0.15) is 0 Å². The van der Waals surface area contributed by atoms with Crippen LogP contribution in [0.2, 0.25) is 0 Å². The SMILES string of the molecule is CC(C)C(NC(=O)N1CC(=O)Nc2ccccc21)C(=O)NC(C(=O)O)C(C)O. The van der Waals surface area contributed by atoms with E-state index < -0.39 is 36.1 Å². The van der Waals surface area contributed by atoms with Crippen molar-refractivity contribution in [1.29, 1.82) is 0 Å². The molecular formula is C18H24N4O6. The quantitative estimate of drug-likeness (QED) is 0.465. The highest BCUT2D eigenvalue weighted by Gasteiger charge is 2.33. The number of aliphatic carboxylic acids is 1. The molecule has 0 saturated carbocycles. The van der Waals surface area contributed by atoms with Gasteiger partial charge in [0, 0.05) is 0 Å². The number of carboxylic acid groups (broad SMARTS) is 1. The van der Waals surface area contributed by atoms with Crippen molar-refractivity contribution in [2.75, 3.05) is 16.8 Å². The van der Waals surface area contributed by atoms with Crippen LogP contribution in [0.3, 0.4) is 0 Å². The molecule has 10 nitrogen and oxygen atoms in total. The zero-order valence-corrected chi connectivity index (χ0v) is 15.8. The van der Waals surface area contributed by atoms with Crippen molar-refractivity contribution in [3.63, 3.8) is 0 Å². The van der Waals surface area contributed by atoms with Gasteiger partial charge in [0.15, 0.2) is 6.04 Å². The van der Waals surface area contributed by atoms with Crippen LogP contribution in [0.5, 0.6) is 0 Å². The smallest absolute Gasteiger partial charge is 0.328 e. The molecule has 0 spiro atoms. The number of carbonyl (C=O) groups is 4. The third-order valence-electron chi connectivity index (χ3n) is 4.29. The molecule has 2 rings (SSSR count). The van der Waals surface area contributed by atoms with Gasteiger partial charge >= 0.3 is 12.0 Å². The lowest BCUT2D eigenvalue weighted by Crippen LogP contribution is -2.58. The summed E-state index contributed by atoms with van der Waals surface area (Å²) in [5, 5.41) is 26.1. The highest BCUT2D eigenvalue weighted by atomic mass is 16.4. The summed E-state index contributed by atoms with van der Waals surface area (Å²) in [6, 6.07) is 3.50. The molecule has 1 aromatic carbocycles. The van der Waals surface area contributed by atoms with Gasteiger partial charge in [0.1, 0.15) is 12.6 Å². The molecule has 0 fully saturated rings. The fourth-order valence-corrected chi connectivity index (χ4v) is 2.79. The zero-order valence-electron chi connectivity index (χ0n) is 15.8. The fraction of sp³-hybridized carbons (Fsp3) is 0.444. The monoisotopic (exact) mass is 392 g/mol. The largest absolute Gasteiger partial charge is 0.480 e. The number of urea groups is 1. The Morgan fingerprint density at radius 2 is 1.75 bits per heavy atom. The first-order valence-corrected chi connectivity index (χ1v) is 8.80. The molecule has 1 heterocycles. The summed E-state index contributed by atoms with van der Waals surface area (Å²) >= 11 is 0. The molecule has 152 valence electrons. The third-order valence-corrected chi connectivity index (χ3v) is 4.29. The second kappa shape index (κ2) is 8.70. The lowest BCUT2D eigenvalue weighted by molar-refractivity contribution is -0.145. The summed E-state index contributed by atoms with van der Waals surface area (Å²) in [5.41, 5.74) is 0.953. The maximum Gasteiger partial charge on any atom is 0.328 e. The number of para-hydroxylation sites is 2. The first kappa shape index (κ1) is 21.2. The predicted octanol–water partition coefficient (Wildman–Crippen LogP) is 0.130. The van der Waals surface area contributed by atoms with E-state index in [1.54, 1.807) is 38.1 Å². The van der Waals surface area contributed by atoms with Gasteiger partial charge in [0.2, 0.25) is 11.8 Å². The van der Waals surface area contributed by atoms with Crippen LogP contribution in [-0.4, -0.2) is 58.8 Å². The van der Waals surface area contributed by atoms with Crippen LogP contribution < -0.4 is 20.9 Å². The van der Waals surface area contributed by atoms with Crippen LogP contribution in [0.1, 0.15) is 20.8 Å². The summed E-state index contributed by atoms with van der Waals surface area (Å²) in [7, 11) is 0. The van der Waals surface area contributed by atoms with E-state index >= 15 is 0 Å². The number of rotatable bonds is 6. The number of anilines is 2. The molecule has 10 heteroatoms. The van der Waals surface area contributed by atoms with Gasteiger partial charge < -0.3 is 26.2 Å². The highest BCUT2D eigenvalue weighted by molar-refractivity contribution is 6.10. The van der Waals surface area contributed by atoms with Crippen molar-refractivity contribution in [3.8, 4) is 0 Å². The van der Waals surface area contributed by atoms with Gasteiger partial charge in [-0.1, -0.05) is 26.0 Å². The molecule has 1 aliphatic rings. The van der Waals surface area contributed by atoms with E-state index in [0.717, 1.165) is 0 Å². The number of aliphatic hydroxyl groups excluding tert-OH is 1. The average Bonchev–Trinajstić information content (AvgIpc) is 2.62. The van der Waals surface area contributed by atoms with E-state index in [0.29, 0.717) is 11.4 Å². The minimum Gasteiger partial charge on any atom is -0.480 e. The Kier molecular flexibility index (Phi) is 6.57. The van der Waals surface area contributed by atoms with Crippen molar-refractivity contribution >= 4 is 35.2 Å². The van der Waals surface area contributed by atoms with Gasteiger partial charge in [-0.25, -0.2) is 9.59 Å². The molecule has 0 bridgehead atoms. The van der Waals surface area contributed by atoms with Gasteiger partial charge in [-0.15, -0.1) is 0 Å². The van der Waals surface area contributed by atoms with Crippen LogP contribution in [-0.2, 0) is 14.4 Å². The Balaban J connectivity index is 2.18. The van der Waals surface area contributed by atoms with Crippen molar-refractivity contribution in [3.05, 3.63) is 24.3 Å². The zero-order chi connectivity index (χ0) is 21.0. The first-order valence-electron chi connectivity index (χ1n) is 8.80. The predicted molar refractivity (Wildman–Crippen MR) is 101 cm³/mol. The molecule has 0 radical (unpaired) electrons. The number of hydrogen-bond acceptors (Lipinski definition) is 5. The Bertz CT molecular complexity index is 779. The Labute approximate surface area is 161 Å². The van der Waals surface area contributed by atoms with Crippen LogP contribution >= 0.6 is 0 Å². The van der Waals surface area contributed by atoms with Gasteiger partial charge in [-0.3, -0.25) is 14.5 Å². The number of benzene rings is 1. The Hall–Kier alpha value is -3.14. The minimum atomic E-state index is -1.51. The fourth-order valence-electron chi connectivity index (χ4n) is 2.79. The molecular weight excluding hydrogens is 368 g/mol. The summed E-state index contributed by atoms with van der Waals surface area (Å²) in [5.74, 6) is -2.88. The van der Waals surface area contributed by atoms with Crippen LogP contribution in [0.25, 0.3) is 0 Å². The normalized spacial score (nSPS) is 16.5. The number of fused-ring (bicyclic) bond motifs is 1. The summed E-state index contributed by atoms with van der Waals surface area (Å²) in [4.78, 5) is 49.6. The number of hydrogen-bond donors (Lipinski definition) is 5. The maximum atomic E-state index is 12.8. The molecule has 3 atom stereocenters. The van der Waals surface area contributed by atoms with Crippen LogP contribution in [0.4, 0.5) is 16.2 Å². The number of amides is 4. The first-order chi connectivity index (χ1) is 13.1. The van der Waals surface area contributed by atoms with E-state index in [2.05, 4.69) is 16.0 Å². The lowest BCUT2D eigenvalue weighted by Gasteiger charge is -2.32. The van der Waals surface area contributed by atoms with Crippen molar-refractivity contribution in [2.45, 2.75) is 39.0 Å². The number of carboxylic acids is 1. The van der Waals surface area contributed by atoms with Crippen LogP contribution in [0.15, 0.2) is 24.3 Å². The molecule has 0 aliphatic carbocycles. The van der Waals surface area contributed by atoms with Crippen molar-refractivity contribution < 1.29 is 29.4 Å². The molecule has 1 aliphatic heterocycles. The van der Waals surface area contributed by atoms with E-state index in [1.807, 2.05) is 0 Å². The van der Waals surface area contributed by atoms with Gasteiger partial charge in [0.25, 0.3) is 0 Å². The Morgan fingerprint density at radius 1 is 1.11 bits per heavy atom. The van der Waals surface area contributed by atoms with Crippen molar-refractivity contribution in [2.24, 2.45) is 5.92 Å². The summed E-state index contributed by atoms with van der Waals surface area (Å²) < 4.78 is 0. The van der Waals surface area contributed by atoms with E-state index in [4.69, 9.17) is 5.11 Å². The van der Waals surface area contributed by atoms with Crippen LogP contribution in [0, 0.1) is 5.92 Å². The Morgan fingerprint density at radius 3 is 2.32 bits per heavy atom. The lowest BCUT2D eigenvalue weighted by atomic mass is 10.0. The molecule has 4 amide bonds. The number of nitrogens with one attached hydrogen (secondary N) is 3. The maximum absolute atomic E-state index is 12.8. The molecule has 0 saturated heterocycles. The summed E-state index contributed by atoms with van der Waals surface area (Å²) in [6.45, 7) is 4.38. The number of nitrogens with zero attached hydrogens (tertiary/aromatic N) is 1. The van der Waals surface area contributed by atoms with Gasteiger partial charge in [-0.05, 0) is 25.0 Å². The second-order valence-electron chi connectivity index (χ2n) is 6.89. The molecule has 28 heavy (non-hydrogen) atoms. The second-order valence-corrected chi connectivity index (χ2v) is 6.89. The standard InChI is InChI=1S/C18H24N4O6/c1-9(2)14(16(25)20-15(10(3)23)17(26)27)21-18(28)22-8-13(24)19-11-6-4-5-7-12(11)22/h4-7,9-10,14-15,23H,8H2,1-3H3,(H,19,24)(H,20,25)(H,21,28)(H,26,27). The van der Waals surface area contributed by atoms with E-state index in [-0.39, 0.29) is 18.4 Å². The topological polar surface area (TPSA) is 148 Å². The number of aliphatic hydroxyl groups is 1. The average molecular weight is 392 g/mol. The highest BCUT2D eigenvalue weighted by Crippen LogP contribution is 2.28. The minimum absolute atomic E-state index is 0.222. The molecule has 3 unspecified atom stereocenters.